The lowest BCUT2D eigenvalue weighted by Crippen LogP contribution is -2.49. The Hall–Kier alpha value is -1.09. The molecule has 1 aromatic heterocycles. The van der Waals surface area contributed by atoms with Crippen LogP contribution >= 0.6 is 0 Å². The SMILES string of the molecule is CCOc1cncc(CC2CC3CCN2CC3)c1. The fourth-order valence-electron chi connectivity index (χ4n) is 3.39. The standard InChI is InChI=1S/C15H22N2O/c1-2-18-15-9-13(10-16-11-15)8-14-7-12-3-5-17(14)6-4-12/h9-12,14H,2-8H2,1H3. The van der Waals surface area contributed by atoms with E-state index in [1.165, 1.54) is 37.9 Å². The first-order chi connectivity index (χ1) is 8.85. The van der Waals surface area contributed by atoms with Gasteiger partial charge < -0.3 is 9.64 Å². The molecule has 4 rings (SSSR count). The smallest absolute Gasteiger partial charge is 0.137 e. The minimum Gasteiger partial charge on any atom is -0.492 e. The van der Waals surface area contributed by atoms with Crippen molar-refractivity contribution >= 4 is 0 Å². The molecule has 3 aliphatic rings. The van der Waals surface area contributed by atoms with Crippen molar-refractivity contribution in [2.75, 3.05) is 19.7 Å². The highest BCUT2D eigenvalue weighted by Crippen LogP contribution is 2.33. The number of piperidine rings is 3. The molecule has 0 aromatic carbocycles. The van der Waals surface area contributed by atoms with Gasteiger partial charge in [0.25, 0.3) is 0 Å². The number of aromatic nitrogens is 1. The van der Waals surface area contributed by atoms with E-state index in [0.29, 0.717) is 6.61 Å². The zero-order valence-electron chi connectivity index (χ0n) is 11.1. The summed E-state index contributed by atoms with van der Waals surface area (Å²) < 4.78 is 5.52. The summed E-state index contributed by atoms with van der Waals surface area (Å²) in [5.41, 5.74) is 1.32. The van der Waals surface area contributed by atoms with Crippen LogP contribution in [0.3, 0.4) is 0 Å². The normalized spacial score (nSPS) is 30.4. The van der Waals surface area contributed by atoms with Crippen molar-refractivity contribution in [2.24, 2.45) is 5.92 Å². The topological polar surface area (TPSA) is 25.4 Å². The molecule has 0 amide bonds. The molecular formula is C15H22N2O. The third-order valence-corrected chi connectivity index (χ3v) is 4.32. The van der Waals surface area contributed by atoms with E-state index in [9.17, 15) is 0 Å². The van der Waals surface area contributed by atoms with Gasteiger partial charge in [-0.05, 0) is 63.2 Å². The molecule has 3 fully saturated rings. The Morgan fingerprint density at radius 2 is 2.17 bits per heavy atom. The van der Waals surface area contributed by atoms with Crippen LogP contribution in [0, 0.1) is 5.92 Å². The van der Waals surface area contributed by atoms with Gasteiger partial charge in [-0.15, -0.1) is 0 Å². The summed E-state index contributed by atoms with van der Waals surface area (Å²) in [5, 5.41) is 0. The fourth-order valence-corrected chi connectivity index (χ4v) is 3.39. The predicted octanol–water partition coefficient (Wildman–Crippen LogP) is 2.51. The minimum absolute atomic E-state index is 0.711. The van der Waals surface area contributed by atoms with Crippen molar-refractivity contribution in [1.29, 1.82) is 0 Å². The second-order valence-corrected chi connectivity index (χ2v) is 5.53. The Kier molecular flexibility index (Phi) is 3.50. The maximum atomic E-state index is 5.52. The third-order valence-electron chi connectivity index (χ3n) is 4.32. The van der Waals surface area contributed by atoms with E-state index in [2.05, 4.69) is 16.0 Å². The largest absolute Gasteiger partial charge is 0.492 e. The van der Waals surface area contributed by atoms with Crippen molar-refractivity contribution in [3.8, 4) is 5.75 Å². The van der Waals surface area contributed by atoms with Crippen molar-refractivity contribution in [2.45, 2.75) is 38.6 Å². The van der Waals surface area contributed by atoms with Crippen LogP contribution in [0.15, 0.2) is 18.5 Å². The van der Waals surface area contributed by atoms with Crippen molar-refractivity contribution < 1.29 is 4.74 Å². The number of hydrogen-bond acceptors (Lipinski definition) is 3. The summed E-state index contributed by atoms with van der Waals surface area (Å²) in [6.45, 7) is 5.32. The maximum absolute atomic E-state index is 5.52. The van der Waals surface area contributed by atoms with Crippen LogP contribution in [0.25, 0.3) is 0 Å². The first kappa shape index (κ1) is 12.0. The van der Waals surface area contributed by atoms with Crippen LogP contribution in [0.4, 0.5) is 0 Å². The highest BCUT2D eigenvalue weighted by molar-refractivity contribution is 5.24. The molecule has 0 aliphatic carbocycles. The van der Waals surface area contributed by atoms with Gasteiger partial charge in [0, 0.05) is 12.2 Å². The van der Waals surface area contributed by atoms with Gasteiger partial charge in [-0.3, -0.25) is 4.98 Å². The van der Waals surface area contributed by atoms with E-state index in [-0.39, 0.29) is 0 Å². The molecule has 3 saturated heterocycles. The van der Waals surface area contributed by atoms with Gasteiger partial charge in [0.05, 0.1) is 12.8 Å². The average molecular weight is 246 g/mol. The Balaban J connectivity index is 1.67. The van der Waals surface area contributed by atoms with E-state index in [1.54, 1.807) is 6.20 Å². The number of nitrogens with zero attached hydrogens (tertiary/aromatic N) is 2. The average Bonchev–Trinajstić information content (AvgIpc) is 2.41. The van der Waals surface area contributed by atoms with Gasteiger partial charge in [-0.25, -0.2) is 0 Å². The van der Waals surface area contributed by atoms with E-state index in [4.69, 9.17) is 4.74 Å². The summed E-state index contributed by atoms with van der Waals surface area (Å²) in [4.78, 5) is 6.95. The first-order valence-electron chi connectivity index (χ1n) is 7.16. The van der Waals surface area contributed by atoms with Crippen LogP contribution in [0.2, 0.25) is 0 Å². The van der Waals surface area contributed by atoms with Gasteiger partial charge >= 0.3 is 0 Å². The van der Waals surface area contributed by atoms with Crippen molar-refractivity contribution in [3.05, 3.63) is 24.0 Å². The summed E-state index contributed by atoms with van der Waals surface area (Å²) in [6, 6.07) is 2.89. The molecule has 2 bridgehead atoms. The number of hydrogen-bond donors (Lipinski definition) is 0. The molecule has 1 aromatic rings. The molecule has 18 heavy (non-hydrogen) atoms. The number of ether oxygens (including phenoxy) is 1. The molecule has 1 atom stereocenters. The van der Waals surface area contributed by atoms with E-state index < -0.39 is 0 Å². The van der Waals surface area contributed by atoms with Crippen molar-refractivity contribution in [3.63, 3.8) is 0 Å². The van der Waals surface area contributed by atoms with E-state index in [1.807, 2.05) is 13.1 Å². The lowest BCUT2D eigenvalue weighted by molar-refractivity contribution is 0.0498. The Labute approximate surface area is 109 Å². The third kappa shape index (κ3) is 2.51. The van der Waals surface area contributed by atoms with E-state index in [0.717, 1.165) is 24.1 Å². The fraction of sp³-hybridized carbons (Fsp3) is 0.667. The second-order valence-electron chi connectivity index (χ2n) is 5.53. The van der Waals surface area contributed by atoms with E-state index >= 15 is 0 Å². The molecule has 3 nitrogen and oxygen atoms in total. The molecule has 0 N–H and O–H groups in total. The van der Waals surface area contributed by atoms with Gasteiger partial charge in [0.2, 0.25) is 0 Å². The van der Waals surface area contributed by atoms with Gasteiger partial charge in [0.15, 0.2) is 0 Å². The lowest BCUT2D eigenvalue weighted by Gasteiger charge is -2.45. The second kappa shape index (κ2) is 5.27. The van der Waals surface area contributed by atoms with Crippen LogP contribution in [-0.4, -0.2) is 35.6 Å². The van der Waals surface area contributed by atoms with Crippen LogP contribution in [0.1, 0.15) is 31.7 Å². The number of fused-ring (bicyclic) bond motifs is 3. The summed E-state index contributed by atoms with van der Waals surface area (Å²) in [5.74, 6) is 1.88. The predicted molar refractivity (Wildman–Crippen MR) is 71.8 cm³/mol. The monoisotopic (exact) mass is 246 g/mol. The molecular weight excluding hydrogens is 224 g/mol. The molecule has 0 saturated carbocycles. The van der Waals surface area contributed by atoms with Gasteiger partial charge in [-0.2, -0.15) is 0 Å². The summed E-state index contributed by atoms with van der Waals surface area (Å²) >= 11 is 0. The van der Waals surface area contributed by atoms with Gasteiger partial charge in [-0.1, -0.05) is 0 Å². The van der Waals surface area contributed by atoms with Gasteiger partial charge in [0.1, 0.15) is 5.75 Å². The molecule has 0 spiro atoms. The van der Waals surface area contributed by atoms with Crippen molar-refractivity contribution in [1.82, 2.24) is 9.88 Å². The minimum atomic E-state index is 0.711. The number of rotatable bonds is 4. The molecule has 4 heterocycles. The molecule has 98 valence electrons. The number of pyridine rings is 1. The molecule has 3 aliphatic heterocycles. The quantitative estimate of drug-likeness (QED) is 0.816. The Bertz CT molecular complexity index is 399. The first-order valence-corrected chi connectivity index (χ1v) is 7.16. The van der Waals surface area contributed by atoms with Crippen LogP contribution < -0.4 is 4.74 Å². The zero-order valence-corrected chi connectivity index (χ0v) is 11.1. The molecule has 3 heteroatoms. The van der Waals surface area contributed by atoms with Crippen LogP contribution in [0.5, 0.6) is 5.75 Å². The summed E-state index contributed by atoms with van der Waals surface area (Å²) in [6.07, 6.45) is 9.12. The maximum Gasteiger partial charge on any atom is 0.137 e. The summed E-state index contributed by atoms with van der Waals surface area (Å²) in [7, 11) is 0. The van der Waals surface area contributed by atoms with Crippen LogP contribution in [-0.2, 0) is 6.42 Å². The lowest BCUT2D eigenvalue weighted by atomic mass is 9.81. The Morgan fingerprint density at radius 1 is 1.33 bits per heavy atom. The molecule has 0 radical (unpaired) electrons. The highest BCUT2D eigenvalue weighted by atomic mass is 16.5. The zero-order chi connectivity index (χ0) is 12.4. The molecule has 1 unspecified atom stereocenters. The Morgan fingerprint density at radius 3 is 2.83 bits per heavy atom. The highest BCUT2D eigenvalue weighted by Gasteiger charge is 2.33.